The average Bonchev–Trinajstić information content (AvgIpc) is 3.19. The molecule has 1 saturated carbocycles. The minimum atomic E-state index is -0.325. The number of benzene rings is 1. The fourth-order valence-corrected chi connectivity index (χ4v) is 1.57. The molecule has 0 unspecified atom stereocenters. The first-order valence-electron chi connectivity index (χ1n) is 5.84. The molecule has 1 fully saturated rings. The lowest BCUT2D eigenvalue weighted by atomic mass is 10.1. The molecule has 2 amide bonds. The third-order valence-corrected chi connectivity index (χ3v) is 2.68. The fourth-order valence-electron chi connectivity index (χ4n) is 1.57. The highest BCUT2D eigenvalue weighted by Crippen LogP contribution is 2.18. The number of nitrogens with two attached hydrogens (primary N) is 1. The van der Waals surface area contributed by atoms with E-state index in [0.717, 1.165) is 12.8 Å². The van der Waals surface area contributed by atoms with Gasteiger partial charge in [0.05, 0.1) is 17.8 Å². The number of carbonyl (C=O) groups excluding carboxylic acids is 2. The molecule has 0 heterocycles. The van der Waals surface area contributed by atoms with E-state index in [2.05, 4.69) is 16.1 Å². The number of hydrogen-bond donors (Lipinski definition) is 4. The van der Waals surface area contributed by atoms with Crippen molar-refractivity contribution in [1.29, 1.82) is 0 Å². The number of hydrogen-bond acceptors (Lipinski definition) is 4. The Labute approximate surface area is 105 Å². The second kappa shape index (κ2) is 5.50. The Bertz CT molecular complexity index is 457. The second-order valence-corrected chi connectivity index (χ2v) is 4.21. The molecule has 1 aromatic rings. The zero-order chi connectivity index (χ0) is 13.0. The summed E-state index contributed by atoms with van der Waals surface area (Å²) < 4.78 is 0. The third-order valence-electron chi connectivity index (χ3n) is 2.68. The van der Waals surface area contributed by atoms with Crippen LogP contribution < -0.4 is 21.9 Å². The van der Waals surface area contributed by atoms with Crippen LogP contribution in [0, 0.1) is 0 Å². The highest BCUT2D eigenvalue weighted by atomic mass is 16.2. The number of para-hydroxylation sites is 1. The van der Waals surface area contributed by atoms with Crippen LogP contribution in [0.3, 0.4) is 0 Å². The van der Waals surface area contributed by atoms with E-state index in [-0.39, 0.29) is 18.4 Å². The van der Waals surface area contributed by atoms with Crippen LogP contribution in [-0.4, -0.2) is 24.4 Å². The third kappa shape index (κ3) is 3.21. The molecule has 18 heavy (non-hydrogen) atoms. The van der Waals surface area contributed by atoms with Gasteiger partial charge in [-0.15, -0.1) is 0 Å². The number of rotatable bonds is 5. The zero-order valence-electron chi connectivity index (χ0n) is 9.90. The molecule has 6 heteroatoms. The highest BCUT2D eigenvalue weighted by molar-refractivity contribution is 6.01. The summed E-state index contributed by atoms with van der Waals surface area (Å²) in [6, 6.07) is 7.14. The van der Waals surface area contributed by atoms with E-state index in [4.69, 9.17) is 5.84 Å². The summed E-state index contributed by atoms with van der Waals surface area (Å²) in [4.78, 5) is 23.3. The maximum atomic E-state index is 11.8. The molecule has 5 N–H and O–H groups in total. The maximum absolute atomic E-state index is 11.8. The van der Waals surface area contributed by atoms with Crippen LogP contribution in [0.2, 0.25) is 0 Å². The van der Waals surface area contributed by atoms with Gasteiger partial charge in [-0.05, 0) is 25.0 Å². The van der Waals surface area contributed by atoms with Gasteiger partial charge in [-0.3, -0.25) is 15.4 Å². The molecular weight excluding hydrogens is 232 g/mol. The van der Waals surface area contributed by atoms with Crippen LogP contribution >= 0.6 is 0 Å². The van der Waals surface area contributed by atoms with Crippen LogP contribution in [0.5, 0.6) is 0 Å². The molecule has 0 bridgehead atoms. The average molecular weight is 248 g/mol. The number of carbonyl (C=O) groups is 2. The monoisotopic (exact) mass is 248 g/mol. The van der Waals surface area contributed by atoms with Crippen LogP contribution in [0.1, 0.15) is 23.2 Å². The lowest BCUT2D eigenvalue weighted by Crippen LogP contribution is -2.38. The number of nitrogen functional groups attached to an aromatic ring is 1. The van der Waals surface area contributed by atoms with Gasteiger partial charge in [-0.1, -0.05) is 12.1 Å². The largest absolute Gasteiger partial charge is 0.352 e. The van der Waals surface area contributed by atoms with Crippen LogP contribution in [0.25, 0.3) is 0 Å². The number of nitrogens with one attached hydrogen (secondary N) is 3. The first-order chi connectivity index (χ1) is 8.70. The lowest BCUT2D eigenvalue weighted by Gasteiger charge is -2.09. The lowest BCUT2D eigenvalue weighted by molar-refractivity contribution is -0.120. The van der Waals surface area contributed by atoms with Crippen molar-refractivity contribution < 1.29 is 9.59 Å². The van der Waals surface area contributed by atoms with Gasteiger partial charge in [-0.25, -0.2) is 0 Å². The molecule has 0 atom stereocenters. The van der Waals surface area contributed by atoms with E-state index < -0.39 is 0 Å². The maximum Gasteiger partial charge on any atom is 0.253 e. The predicted octanol–water partition coefficient (Wildman–Crippen LogP) is -0.0194. The van der Waals surface area contributed by atoms with E-state index in [1.54, 1.807) is 24.3 Å². The van der Waals surface area contributed by atoms with Crippen molar-refractivity contribution in [2.75, 3.05) is 12.0 Å². The molecule has 1 aliphatic carbocycles. The molecule has 0 aliphatic heterocycles. The molecule has 6 nitrogen and oxygen atoms in total. The molecule has 2 rings (SSSR count). The molecule has 96 valence electrons. The summed E-state index contributed by atoms with van der Waals surface area (Å²) in [5, 5.41) is 5.36. The van der Waals surface area contributed by atoms with Crippen molar-refractivity contribution >= 4 is 17.5 Å². The first-order valence-corrected chi connectivity index (χ1v) is 5.84. The van der Waals surface area contributed by atoms with Crippen molar-refractivity contribution in [3.8, 4) is 0 Å². The Morgan fingerprint density at radius 3 is 2.67 bits per heavy atom. The van der Waals surface area contributed by atoms with E-state index in [1.165, 1.54) is 0 Å². The van der Waals surface area contributed by atoms with Crippen LogP contribution in [0.4, 0.5) is 5.69 Å². The van der Waals surface area contributed by atoms with Gasteiger partial charge in [0.2, 0.25) is 5.91 Å². The quantitative estimate of drug-likeness (QED) is 0.435. The van der Waals surface area contributed by atoms with Gasteiger partial charge in [0.25, 0.3) is 5.91 Å². The molecule has 0 saturated heterocycles. The molecule has 0 spiro atoms. The predicted molar refractivity (Wildman–Crippen MR) is 67.8 cm³/mol. The summed E-state index contributed by atoms with van der Waals surface area (Å²) in [5.74, 6) is 4.82. The van der Waals surface area contributed by atoms with Crippen LogP contribution in [-0.2, 0) is 4.79 Å². The van der Waals surface area contributed by atoms with Crippen LogP contribution in [0.15, 0.2) is 24.3 Å². The van der Waals surface area contributed by atoms with Crippen molar-refractivity contribution in [3.05, 3.63) is 29.8 Å². The van der Waals surface area contributed by atoms with Crippen molar-refractivity contribution in [3.63, 3.8) is 0 Å². The summed E-state index contributed by atoms with van der Waals surface area (Å²) in [5.41, 5.74) is 3.39. The van der Waals surface area contributed by atoms with Gasteiger partial charge >= 0.3 is 0 Å². The summed E-state index contributed by atoms with van der Waals surface area (Å²) in [6.45, 7) is -0.0196. The minimum absolute atomic E-state index is 0.0196. The Morgan fingerprint density at radius 1 is 1.28 bits per heavy atom. The fraction of sp³-hybridized carbons (Fsp3) is 0.333. The SMILES string of the molecule is NNc1ccccc1C(=O)NCC(=O)NC1CC1. The molecule has 0 radical (unpaired) electrons. The molecule has 1 aromatic carbocycles. The number of anilines is 1. The van der Waals surface area contributed by atoms with Crippen molar-refractivity contribution in [2.45, 2.75) is 18.9 Å². The first kappa shape index (κ1) is 12.4. The summed E-state index contributed by atoms with van der Waals surface area (Å²) >= 11 is 0. The Balaban J connectivity index is 1.88. The second-order valence-electron chi connectivity index (χ2n) is 4.21. The molecule has 0 aromatic heterocycles. The zero-order valence-corrected chi connectivity index (χ0v) is 9.90. The normalized spacial score (nSPS) is 13.8. The Hall–Kier alpha value is -2.08. The number of amides is 2. The minimum Gasteiger partial charge on any atom is -0.352 e. The Morgan fingerprint density at radius 2 is 2.00 bits per heavy atom. The van der Waals surface area contributed by atoms with Gasteiger partial charge in [0.1, 0.15) is 0 Å². The van der Waals surface area contributed by atoms with Crippen molar-refractivity contribution in [1.82, 2.24) is 10.6 Å². The van der Waals surface area contributed by atoms with Crippen molar-refractivity contribution in [2.24, 2.45) is 5.84 Å². The topological polar surface area (TPSA) is 96.2 Å². The van der Waals surface area contributed by atoms with E-state index in [9.17, 15) is 9.59 Å². The van der Waals surface area contributed by atoms with E-state index in [0.29, 0.717) is 17.3 Å². The van der Waals surface area contributed by atoms with Gasteiger partial charge in [0, 0.05) is 6.04 Å². The summed E-state index contributed by atoms with van der Waals surface area (Å²) in [6.07, 6.45) is 2.05. The molecule has 1 aliphatic rings. The standard InChI is InChI=1S/C12H16N4O2/c13-16-10-4-2-1-3-9(10)12(18)14-7-11(17)15-8-5-6-8/h1-4,8,16H,5-7,13H2,(H,14,18)(H,15,17). The number of hydrazine groups is 1. The van der Waals surface area contributed by atoms with Gasteiger partial charge in [-0.2, -0.15) is 0 Å². The molecular formula is C12H16N4O2. The highest BCUT2D eigenvalue weighted by Gasteiger charge is 2.23. The van der Waals surface area contributed by atoms with Gasteiger partial charge < -0.3 is 16.1 Å². The van der Waals surface area contributed by atoms with Gasteiger partial charge in [0.15, 0.2) is 0 Å². The Kier molecular flexibility index (Phi) is 3.78. The smallest absolute Gasteiger partial charge is 0.253 e. The summed E-state index contributed by atoms with van der Waals surface area (Å²) in [7, 11) is 0. The van der Waals surface area contributed by atoms with E-state index >= 15 is 0 Å². The van der Waals surface area contributed by atoms with E-state index in [1.807, 2.05) is 0 Å².